The quantitative estimate of drug-likeness (QED) is 0.491. The number of hydrazine groups is 1. The van der Waals surface area contributed by atoms with E-state index in [-0.39, 0.29) is 10.6 Å². The first-order valence-corrected chi connectivity index (χ1v) is 7.06. The van der Waals surface area contributed by atoms with Gasteiger partial charge in [-0.2, -0.15) is 0 Å². The Bertz CT molecular complexity index is 472. The highest BCUT2D eigenvalue weighted by Gasteiger charge is 2.20. The third-order valence-corrected chi connectivity index (χ3v) is 4.07. The molecule has 0 spiro atoms. The van der Waals surface area contributed by atoms with Crippen molar-refractivity contribution < 1.29 is 4.92 Å². The number of hydrogen-bond acceptors (Lipinski definition) is 5. The second-order valence-corrected chi connectivity index (χ2v) is 5.45. The van der Waals surface area contributed by atoms with E-state index in [1.807, 2.05) is 0 Å². The number of nitro groups is 1. The minimum absolute atomic E-state index is 0.107. The third-order valence-electron chi connectivity index (χ3n) is 4.07. The van der Waals surface area contributed by atoms with Crippen molar-refractivity contribution in [1.29, 1.82) is 0 Å². The van der Waals surface area contributed by atoms with Crippen LogP contribution < -0.4 is 11.3 Å². The molecule has 110 valence electrons. The number of hydrogen-bond donors (Lipinski definition) is 2. The Kier molecular flexibility index (Phi) is 4.92. The van der Waals surface area contributed by atoms with Crippen molar-refractivity contribution in [3.63, 3.8) is 0 Å². The van der Waals surface area contributed by atoms with Crippen molar-refractivity contribution in [1.82, 2.24) is 4.90 Å². The number of nitro benzene ring substituents is 1. The van der Waals surface area contributed by atoms with Gasteiger partial charge in [0.1, 0.15) is 0 Å². The Morgan fingerprint density at radius 2 is 2.10 bits per heavy atom. The minimum Gasteiger partial charge on any atom is -0.324 e. The smallest absolute Gasteiger partial charge is 0.269 e. The number of benzene rings is 1. The normalized spacial score (nSPS) is 16.4. The molecule has 0 amide bonds. The lowest BCUT2D eigenvalue weighted by Crippen LogP contribution is -2.33. The molecule has 1 saturated carbocycles. The van der Waals surface area contributed by atoms with Gasteiger partial charge >= 0.3 is 0 Å². The van der Waals surface area contributed by atoms with Crippen molar-refractivity contribution in [3.8, 4) is 0 Å². The van der Waals surface area contributed by atoms with Gasteiger partial charge in [-0.1, -0.05) is 19.3 Å². The lowest BCUT2D eigenvalue weighted by Gasteiger charge is -2.31. The molecule has 0 unspecified atom stereocenters. The number of non-ortho nitro benzene ring substituents is 1. The fraction of sp³-hybridized carbons (Fsp3) is 0.571. The molecule has 2 rings (SSSR count). The van der Waals surface area contributed by atoms with Crippen LogP contribution in [0.1, 0.15) is 37.7 Å². The maximum absolute atomic E-state index is 10.9. The van der Waals surface area contributed by atoms with E-state index in [0.29, 0.717) is 12.6 Å². The van der Waals surface area contributed by atoms with Gasteiger partial charge in [-0.15, -0.1) is 0 Å². The van der Waals surface area contributed by atoms with E-state index in [4.69, 9.17) is 5.84 Å². The molecule has 0 bridgehead atoms. The van der Waals surface area contributed by atoms with Crippen LogP contribution >= 0.6 is 0 Å². The molecule has 1 aliphatic carbocycles. The Morgan fingerprint density at radius 1 is 1.40 bits per heavy atom. The largest absolute Gasteiger partial charge is 0.324 e. The second-order valence-electron chi connectivity index (χ2n) is 5.45. The molecule has 0 radical (unpaired) electrons. The Labute approximate surface area is 119 Å². The zero-order chi connectivity index (χ0) is 14.5. The molecule has 0 atom stereocenters. The van der Waals surface area contributed by atoms with E-state index >= 15 is 0 Å². The summed E-state index contributed by atoms with van der Waals surface area (Å²) in [4.78, 5) is 12.8. The van der Waals surface area contributed by atoms with Crippen LogP contribution in [0.3, 0.4) is 0 Å². The summed E-state index contributed by atoms with van der Waals surface area (Å²) in [6.45, 7) is 0.672. The molecule has 20 heavy (non-hydrogen) atoms. The fourth-order valence-electron chi connectivity index (χ4n) is 2.88. The summed E-state index contributed by atoms with van der Waals surface area (Å²) in [7, 11) is 2.08. The van der Waals surface area contributed by atoms with Gasteiger partial charge in [0.2, 0.25) is 0 Å². The molecule has 6 nitrogen and oxygen atoms in total. The van der Waals surface area contributed by atoms with Crippen LogP contribution in [0.25, 0.3) is 0 Å². The van der Waals surface area contributed by atoms with Crippen molar-refractivity contribution in [3.05, 3.63) is 33.9 Å². The third kappa shape index (κ3) is 3.46. The molecule has 1 aromatic carbocycles. The Balaban J connectivity index is 2.13. The van der Waals surface area contributed by atoms with Crippen molar-refractivity contribution in [2.45, 2.75) is 44.7 Å². The topological polar surface area (TPSA) is 84.4 Å². The SMILES string of the molecule is CN(Cc1cc([N+](=O)[O-])ccc1NN)C1CCCCC1. The van der Waals surface area contributed by atoms with E-state index in [1.165, 1.54) is 38.2 Å². The summed E-state index contributed by atoms with van der Waals surface area (Å²) in [6, 6.07) is 5.31. The zero-order valence-corrected chi connectivity index (χ0v) is 11.8. The molecule has 0 aliphatic heterocycles. The average molecular weight is 278 g/mol. The molecule has 1 aliphatic rings. The lowest BCUT2D eigenvalue weighted by atomic mass is 9.94. The van der Waals surface area contributed by atoms with Crippen LogP contribution in [0.15, 0.2) is 18.2 Å². The highest BCUT2D eigenvalue weighted by Crippen LogP contribution is 2.26. The number of nitrogen functional groups attached to an aromatic ring is 1. The van der Waals surface area contributed by atoms with Gasteiger partial charge in [0.05, 0.1) is 10.6 Å². The van der Waals surface area contributed by atoms with Crippen LogP contribution in [0.4, 0.5) is 11.4 Å². The van der Waals surface area contributed by atoms with Crippen LogP contribution in [-0.4, -0.2) is 22.9 Å². The summed E-state index contributed by atoms with van der Waals surface area (Å²) in [6.07, 6.45) is 6.27. The molecule has 0 aromatic heterocycles. The number of rotatable bonds is 5. The standard InChI is InChI=1S/C14H22N4O2/c1-17(12-5-3-2-4-6-12)10-11-9-13(18(19)20)7-8-14(11)16-15/h7-9,12,16H,2-6,10,15H2,1H3. The first-order chi connectivity index (χ1) is 9.61. The van der Waals surface area contributed by atoms with Gasteiger partial charge in [0.15, 0.2) is 0 Å². The molecule has 6 heteroatoms. The number of nitrogens with zero attached hydrogens (tertiary/aromatic N) is 2. The second kappa shape index (κ2) is 6.67. The molecule has 0 heterocycles. The van der Waals surface area contributed by atoms with Crippen molar-refractivity contribution in [2.24, 2.45) is 5.84 Å². The van der Waals surface area contributed by atoms with Crippen molar-refractivity contribution in [2.75, 3.05) is 12.5 Å². The van der Waals surface area contributed by atoms with Crippen LogP contribution in [-0.2, 0) is 6.54 Å². The van der Waals surface area contributed by atoms with E-state index in [1.54, 1.807) is 12.1 Å². The van der Waals surface area contributed by atoms with Gasteiger partial charge in [-0.3, -0.25) is 20.9 Å². The summed E-state index contributed by atoms with van der Waals surface area (Å²) < 4.78 is 0. The molecule has 0 saturated heterocycles. The van der Waals surface area contributed by atoms with E-state index in [9.17, 15) is 10.1 Å². The predicted octanol–water partition coefficient (Wildman–Crippen LogP) is 2.64. The number of nitrogens with two attached hydrogens (primary N) is 1. The van der Waals surface area contributed by atoms with Gasteiger partial charge in [0, 0.05) is 24.7 Å². The van der Waals surface area contributed by atoms with Crippen LogP contribution in [0.5, 0.6) is 0 Å². The Morgan fingerprint density at radius 3 is 2.70 bits per heavy atom. The maximum atomic E-state index is 10.9. The maximum Gasteiger partial charge on any atom is 0.269 e. The molecule has 3 N–H and O–H groups in total. The first-order valence-electron chi connectivity index (χ1n) is 7.06. The minimum atomic E-state index is -0.371. The highest BCUT2D eigenvalue weighted by atomic mass is 16.6. The van der Waals surface area contributed by atoms with Crippen LogP contribution in [0.2, 0.25) is 0 Å². The van der Waals surface area contributed by atoms with Gasteiger partial charge in [-0.05, 0) is 31.5 Å². The highest BCUT2D eigenvalue weighted by molar-refractivity contribution is 5.55. The van der Waals surface area contributed by atoms with E-state index in [0.717, 1.165) is 11.3 Å². The summed E-state index contributed by atoms with van der Waals surface area (Å²) in [5.41, 5.74) is 4.35. The van der Waals surface area contributed by atoms with E-state index in [2.05, 4.69) is 17.4 Å². The van der Waals surface area contributed by atoms with Crippen molar-refractivity contribution >= 4 is 11.4 Å². The predicted molar refractivity (Wildman–Crippen MR) is 79.2 cm³/mol. The molecular weight excluding hydrogens is 256 g/mol. The summed E-state index contributed by atoms with van der Waals surface area (Å²) in [5, 5.41) is 10.9. The van der Waals surface area contributed by atoms with Gasteiger partial charge in [-0.25, -0.2) is 0 Å². The lowest BCUT2D eigenvalue weighted by molar-refractivity contribution is -0.384. The van der Waals surface area contributed by atoms with E-state index < -0.39 is 0 Å². The fourth-order valence-corrected chi connectivity index (χ4v) is 2.88. The van der Waals surface area contributed by atoms with Gasteiger partial charge in [0.25, 0.3) is 5.69 Å². The number of anilines is 1. The van der Waals surface area contributed by atoms with Gasteiger partial charge < -0.3 is 5.43 Å². The average Bonchev–Trinajstić information content (AvgIpc) is 2.48. The molecule has 1 aromatic rings. The first kappa shape index (κ1) is 14.7. The Hall–Kier alpha value is -1.66. The molecule has 1 fully saturated rings. The summed E-state index contributed by atoms with van der Waals surface area (Å²) >= 11 is 0. The molecular formula is C14H22N4O2. The number of nitrogens with one attached hydrogen (secondary N) is 1. The monoisotopic (exact) mass is 278 g/mol. The van der Waals surface area contributed by atoms with Crippen LogP contribution in [0, 0.1) is 10.1 Å². The summed E-state index contributed by atoms with van der Waals surface area (Å²) in [5.74, 6) is 5.49. The zero-order valence-electron chi connectivity index (χ0n) is 11.8.